The fourth-order valence-corrected chi connectivity index (χ4v) is 3.04. The van der Waals surface area contributed by atoms with Crippen molar-refractivity contribution in [2.24, 2.45) is 0 Å². The minimum Gasteiger partial charge on any atom is -0.492 e. The van der Waals surface area contributed by atoms with E-state index in [1.807, 2.05) is 49.4 Å². The van der Waals surface area contributed by atoms with Crippen LogP contribution in [0, 0.1) is 0 Å². The SMILES string of the molecule is CCOc1ccccc1NC(=O)CNc1ccc(Br)cc1Br. The average Bonchev–Trinajstić information content (AvgIpc) is 2.48. The fourth-order valence-electron chi connectivity index (χ4n) is 1.85. The lowest BCUT2D eigenvalue weighted by molar-refractivity contribution is -0.114. The molecule has 2 aromatic carbocycles. The van der Waals surface area contributed by atoms with Gasteiger partial charge in [-0.25, -0.2) is 0 Å². The van der Waals surface area contributed by atoms with Crippen LogP contribution in [0.3, 0.4) is 0 Å². The van der Waals surface area contributed by atoms with Crippen molar-refractivity contribution in [3.63, 3.8) is 0 Å². The van der Waals surface area contributed by atoms with Crippen LogP contribution in [0.1, 0.15) is 6.92 Å². The van der Waals surface area contributed by atoms with Crippen molar-refractivity contribution >= 4 is 49.1 Å². The lowest BCUT2D eigenvalue weighted by atomic mass is 10.3. The molecule has 6 heteroatoms. The molecular formula is C16H16Br2N2O2. The quantitative estimate of drug-likeness (QED) is 0.704. The van der Waals surface area contributed by atoms with Crippen molar-refractivity contribution in [1.29, 1.82) is 0 Å². The second kappa shape index (κ2) is 8.19. The molecule has 2 N–H and O–H groups in total. The third-order valence-electron chi connectivity index (χ3n) is 2.83. The number of nitrogens with one attached hydrogen (secondary N) is 2. The summed E-state index contributed by atoms with van der Waals surface area (Å²) in [5.74, 6) is 0.533. The molecule has 0 saturated heterocycles. The summed E-state index contributed by atoms with van der Waals surface area (Å²) in [6.45, 7) is 2.63. The van der Waals surface area contributed by atoms with Gasteiger partial charge in [-0.2, -0.15) is 0 Å². The predicted octanol–water partition coefficient (Wildman–Crippen LogP) is 4.66. The van der Waals surface area contributed by atoms with E-state index in [4.69, 9.17) is 4.74 Å². The molecule has 0 aromatic heterocycles. The highest BCUT2D eigenvalue weighted by atomic mass is 79.9. The highest BCUT2D eigenvalue weighted by molar-refractivity contribution is 9.11. The van der Waals surface area contributed by atoms with Gasteiger partial charge in [-0.15, -0.1) is 0 Å². The van der Waals surface area contributed by atoms with E-state index in [-0.39, 0.29) is 12.5 Å². The van der Waals surface area contributed by atoms with E-state index in [2.05, 4.69) is 42.5 Å². The summed E-state index contributed by atoms with van der Waals surface area (Å²) in [7, 11) is 0. The lowest BCUT2D eigenvalue weighted by Gasteiger charge is -2.12. The monoisotopic (exact) mass is 426 g/mol. The molecule has 0 aliphatic rings. The molecule has 0 spiro atoms. The van der Waals surface area contributed by atoms with Gasteiger partial charge in [0, 0.05) is 14.6 Å². The summed E-state index contributed by atoms with van der Waals surface area (Å²) in [5, 5.41) is 5.94. The molecule has 0 atom stereocenters. The first-order valence-corrected chi connectivity index (χ1v) is 8.39. The minimum absolute atomic E-state index is 0.137. The van der Waals surface area contributed by atoms with Gasteiger partial charge in [0.1, 0.15) is 5.75 Å². The van der Waals surface area contributed by atoms with Crippen LogP contribution in [-0.2, 0) is 4.79 Å². The van der Waals surface area contributed by atoms with Gasteiger partial charge < -0.3 is 15.4 Å². The zero-order valence-electron chi connectivity index (χ0n) is 12.0. The molecule has 0 aliphatic carbocycles. The normalized spacial score (nSPS) is 10.1. The summed E-state index contributed by atoms with van der Waals surface area (Å²) < 4.78 is 7.35. The van der Waals surface area contributed by atoms with Crippen LogP contribution >= 0.6 is 31.9 Å². The van der Waals surface area contributed by atoms with E-state index < -0.39 is 0 Å². The maximum absolute atomic E-state index is 12.1. The summed E-state index contributed by atoms with van der Waals surface area (Å²) in [6.07, 6.45) is 0. The molecule has 4 nitrogen and oxygen atoms in total. The molecule has 1 amide bonds. The van der Waals surface area contributed by atoms with E-state index in [0.29, 0.717) is 18.0 Å². The highest BCUT2D eigenvalue weighted by Crippen LogP contribution is 2.26. The first-order valence-electron chi connectivity index (χ1n) is 6.80. The molecule has 0 fully saturated rings. The molecule has 0 unspecified atom stereocenters. The summed E-state index contributed by atoms with van der Waals surface area (Å²) >= 11 is 6.84. The topological polar surface area (TPSA) is 50.4 Å². The second-order valence-electron chi connectivity index (χ2n) is 4.46. The Bertz CT molecular complexity index is 662. The van der Waals surface area contributed by atoms with Crippen LogP contribution in [0.15, 0.2) is 51.4 Å². The first kappa shape index (κ1) is 16.8. The van der Waals surface area contributed by atoms with Crippen LogP contribution < -0.4 is 15.4 Å². The standard InChI is InChI=1S/C16H16Br2N2O2/c1-2-22-15-6-4-3-5-14(15)20-16(21)10-19-13-8-7-11(17)9-12(13)18/h3-9,19H,2,10H2,1H3,(H,20,21). The van der Waals surface area contributed by atoms with Gasteiger partial charge in [0.2, 0.25) is 5.91 Å². The van der Waals surface area contributed by atoms with Crippen molar-refractivity contribution in [3.8, 4) is 5.75 Å². The number of hydrogen-bond acceptors (Lipinski definition) is 3. The van der Waals surface area contributed by atoms with E-state index >= 15 is 0 Å². The van der Waals surface area contributed by atoms with Gasteiger partial charge in [-0.05, 0) is 53.2 Å². The smallest absolute Gasteiger partial charge is 0.243 e. The Morgan fingerprint density at radius 2 is 1.91 bits per heavy atom. The summed E-state index contributed by atoms with van der Waals surface area (Å²) in [4.78, 5) is 12.1. The van der Waals surface area contributed by atoms with Crippen molar-refractivity contribution < 1.29 is 9.53 Å². The molecule has 2 aromatic rings. The van der Waals surface area contributed by atoms with Crippen LogP contribution in [0.25, 0.3) is 0 Å². The van der Waals surface area contributed by atoms with Crippen molar-refractivity contribution in [2.45, 2.75) is 6.92 Å². The zero-order chi connectivity index (χ0) is 15.9. The number of benzene rings is 2. The van der Waals surface area contributed by atoms with Crippen LogP contribution in [0.2, 0.25) is 0 Å². The molecule has 22 heavy (non-hydrogen) atoms. The Hall–Kier alpha value is -1.53. The Labute approximate surface area is 146 Å². The van der Waals surface area contributed by atoms with E-state index in [9.17, 15) is 4.79 Å². The first-order chi connectivity index (χ1) is 10.6. The number of carbonyl (C=O) groups is 1. The van der Waals surface area contributed by atoms with Gasteiger partial charge in [0.05, 0.1) is 18.8 Å². The van der Waals surface area contributed by atoms with Crippen molar-refractivity contribution in [1.82, 2.24) is 0 Å². The predicted molar refractivity (Wildman–Crippen MR) is 96.6 cm³/mol. The van der Waals surface area contributed by atoms with Gasteiger partial charge >= 0.3 is 0 Å². The molecule has 0 heterocycles. The maximum Gasteiger partial charge on any atom is 0.243 e. The van der Waals surface area contributed by atoms with Crippen molar-refractivity contribution in [2.75, 3.05) is 23.8 Å². The van der Waals surface area contributed by atoms with Crippen molar-refractivity contribution in [3.05, 3.63) is 51.4 Å². The van der Waals surface area contributed by atoms with Crippen LogP contribution in [0.5, 0.6) is 5.75 Å². The number of anilines is 2. The molecule has 2 rings (SSSR count). The second-order valence-corrected chi connectivity index (χ2v) is 6.23. The number of hydrogen-bond donors (Lipinski definition) is 2. The molecule has 0 saturated carbocycles. The minimum atomic E-state index is -0.137. The van der Waals surface area contributed by atoms with Gasteiger partial charge in [-0.1, -0.05) is 28.1 Å². The maximum atomic E-state index is 12.1. The summed E-state index contributed by atoms with van der Waals surface area (Å²) in [6, 6.07) is 13.1. The third kappa shape index (κ3) is 4.74. The lowest BCUT2D eigenvalue weighted by Crippen LogP contribution is -2.22. The fraction of sp³-hybridized carbons (Fsp3) is 0.188. The highest BCUT2D eigenvalue weighted by Gasteiger charge is 2.08. The Kier molecular flexibility index (Phi) is 6.27. The summed E-state index contributed by atoms with van der Waals surface area (Å²) in [5.41, 5.74) is 1.53. The Balaban J connectivity index is 1.96. The molecule has 0 radical (unpaired) electrons. The number of halogens is 2. The average molecular weight is 428 g/mol. The largest absolute Gasteiger partial charge is 0.492 e. The number of ether oxygens (including phenoxy) is 1. The van der Waals surface area contributed by atoms with Gasteiger partial charge in [-0.3, -0.25) is 4.79 Å². The molecule has 0 bridgehead atoms. The van der Waals surface area contributed by atoms with Gasteiger partial charge in [0.15, 0.2) is 0 Å². The van der Waals surface area contributed by atoms with Crippen LogP contribution in [-0.4, -0.2) is 19.1 Å². The van der Waals surface area contributed by atoms with Gasteiger partial charge in [0.25, 0.3) is 0 Å². The molecule has 0 aliphatic heterocycles. The molecule has 116 valence electrons. The Morgan fingerprint density at radius 1 is 1.14 bits per heavy atom. The van der Waals surface area contributed by atoms with E-state index in [1.54, 1.807) is 0 Å². The van der Waals surface area contributed by atoms with Crippen LogP contribution in [0.4, 0.5) is 11.4 Å². The molecular weight excluding hydrogens is 412 g/mol. The van der Waals surface area contributed by atoms with E-state index in [0.717, 1.165) is 14.6 Å². The van der Waals surface area contributed by atoms with E-state index in [1.165, 1.54) is 0 Å². The Morgan fingerprint density at radius 3 is 2.64 bits per heavy atom. The number of carbonyl (C=O) groups excluding carboxylic acids is 1. The zero-order valence-corrected chi connectivity index (χ0v) is 15.2. The third-order valence-corrected chi connectivity index (χ3v) is 3.98. The number of para-hydroxylation sites is 2. The number of rotatable bonds is 6. The number of amides is 1.